The van der Waals surface area contributed by atoms with Gasteiger partial charge in [0.1, 0.15) is 5.82 Å². The maximum absolute atomic E-state index is 13.4. The number of anilines is 1. The molecule has 0 saturated heterocycles. The first-order valence-electron chi connectivity index (χ1n) is 8.81. The predicted molar refractivity (Wildman–Crippen MR) is 103 cm³/mol. The van der Waals surface area contributed by atoms with Crippen molar-refractivity contribution in [2.45, 2.75) is 13.3 Å². The van der Waals surface area contributed by atoms with E-state index in [1.807, 2.05) is 0 Å². The number of nitrogens with zero attached hydrogens (tertiary/aromatic N) is 3. The zero-order chi connectivity index (χ0) is 23.3. The number of amides is 1. The molecule has 0 bridgehead atoms. The Bertz CT molecular complexity index is 1140. The Hall–Kier alpha value is -4.29. The Labute approximate surface area is 178 Å². The summed E-state index contributed by atoms with van der Waals surface area (Å²) in [5.74, 6) is -1.86. The second-order valence-electron chi connectivity index (χ2n) is 6.08. The summed E-state index contributed by atoms with van der Waals surface area (Å²) >= 11 is 0. The number of ether oxygens (including phenoxy) is 3. The van der Waals surface area contributed by atoms with Crippen LogP contribution in [0.1, 0.15) is 10.5 Å². The van der Waals surface area contributed by atoms with E-state index in [2.05, 4.69) is 15.2 Å². The number of aromatic nitrogens is 2. The minimum absolute atomic E-state index is 0.0151. The van der Waals surface area contributed by atoms with E-state index < -0.39 is 28.9 Å². The van der Waals surface area contributed by atoms with Crippen LogP contribution in [-0.4, -0.2) is 34.3 Å². The van der Waals surface area contributed by atoms with Crippen LogP contribution in [0.25, 0.3) is 0 Å². The fourth-order valence-corrected chi connectivity index (χ4v) is 2.58. The number of benzene rings is 2. The van der Waals surface area contributed by atoms with Crippen molar-refractivity contribution in [1.29, 1.82) is 0 Å². The molecule has 10 nitrogen and oxygen atoms in total. The molecule has 0 spiro atoms. The van der Waals surface area contributed by atoms with Gasteiger partial charge in [-0.3, -0.25) is 14.9 Å². The molecule has 168 valence electrons. The van der Waals surface area contributed by atoms with Crippen LogP contribution in [0.15, 0.2) is 48.7 Å². The first-order valence-corrected chi connectivity index (χ1v) is 8.81. The second-order valence-corrected chi connectivity index (χ2v) is 6.08. The first kappa shape index (κ1) is 22.4. The average molecular weight is 452 g/mol. The van der Waals surface area contributed by atoms with Gasteiger partial charge in [0.25, 0.3) is 5.91 Å². The molecule has 0 fully saturated rings. The van der Waals surface area contributed by atoms with Gasteiger partial charge in [-0.15, -0.1) is 0 Å². The third-order valence-corrected chi connectivity index (χ3v) is 3.98. The molecule has 1 heterocycles. The summed E-state index contributed by atoms with van der Waals surface area (Å²) in [6, 6.07) is 7.95. The fourth-order valence-electron chi connectivity index (χ4n) is 2.58. The summed E-state index contributed by atoms with van der Waals surface area (Å²) in [5.41, 5.74) is -0.228. The summed E-state index contributed by atoms with van der Waals surface area (Å²) in [7, 11) is 1.25. The molecule has 0 aliphatic heterocycles. The number of carbonyl (C=O) groups excluding carboxylic acids is 1. The predicted octanol–water partition coefficient (Wildman–Crippen LogP) is 3.83. The third kappa shape index (κ3) is 5.44. The number of rotatable bonds is 9. The van der Waals surface area contributed by atoms with Crippen molar-refractivity contribution in [3.05, 3.63) is 70.3 Å². The van der Waals surface area contributed by atoms with Gasteiger partial charge in [0.2, 0.25) is 5.75 Å². The van der Waals surface area contributed by atoms with Gasteiger partial charge in [0.05, 0.1) is 12.0 Å². The molecule has 1 N–H and O–H groups in total. The molecule has 13 heteroatoms. The van der Waals surface area contributed by atoms with Gasteiger partial charge in [-0.25, -0.2) is 9.07 Å². The van der Waals surface area contributed by atoms with E-state index >= 15 is 0 Å². The molecule has 0 unspecified atom stereocenters. The van der Waals surface area contributed by atoms with Crippen LogP contribution in [0, 0.1) is 15.9 Å². The van der Waals surface area contributed by atoms with E-state index in [4.69, 9.17) is 9.47 Å². The molecule has 3 rings (SSSR count). The van der Waals surface area contributed by atoms with E-state index in [1.165, 1.54) is 42.3 Å². The first-order chi connectivity index (χ1) is 15.3. The normalized spacial score (nSPS) is 10.7. The summed E-state index contributed by atoms with van der Waals surface area (Å²) in [5, 5.41) is 17.5. The summed E-state index contributed by atoms with van der Waals surface area (Å²) in [6.45, 7) is -3.37. The van der Waals surface area contributed by atoms with E-state index in [0.29, 0.717) is 0 Å². The van der Waals surface area contributed by atoms with Crippen molar-refractivity contribution in [2.24, 2.45) is 0 Å². The van der Waals surface area contributed by atoms with Crippen LogP contribution in [0.4, 0.5) is 24.5 Å². The molecule has 3 aromatic rings. The Morgan fingerprint density at radius 3 is 2.66 bits per heavy atom. The highest BCUT2D eigenvalue weighted by Crippen LogP contribution is 2.31. The monoisotopic (exact) mass is 452 g/mol. The number of halogens is 3. The quantitative estimate of drug-likeness (QED) is 0.387. The minimum Gasteiger partial charge on any atom is -0.493 e. The van der Waals surface area contributed by atoms with E-state index in [-0.39, 0.29) is 35.4 Å². The summed E-state index contributed by atoms with van der Waals surface area (Å²) < 4.78 is 53.9. The minimum atomic E-state index is -3.04. The van der Waals surface area contributed by atoms with Crippen LogP contribution in [0.5, 0.6) is 17.2 Å². The number of methoxy groups -OCH3 is 1. The van der Waals surface area contributed by atoms with Crippen molar-refractivity contribution in [3.8, 4) is 17.2 Å². The number of nitro groups is 1. The number of carbonyl (C=O) groups is 1. The second kappa shape index (κ2) is 9.68. The highest BCUT2D eigenvalue weighted by atomic mass is 19.3. The van der Waals surface area contributed by atoms with Crippen LogP contribution < -0.4 is 19.5 Å². The highest BCUT2D eigenvalue weighted by molar-refractivity contribution is 6.02. The van der Waals surface area contributed by atoms with Gasteiger partial charge in [0.15, 0.2) is 23.9 Å². The topological polar surface area (TPSA) is 118 Å². The molecule has 0 saturated carbocycles. The van der Waals surface area contributed by atoms with Crippen LogP contribution in [-0.2, 0) is 6.73 Å². The van der Waals surface area contributed by atoms with Gasteiger partial charge in [-0.1, -0.05) is 0 Å². The molecule has 0 aliphatic rings. The SMILES string of the molecule is COc1cc(NC(=O)c2ccn(COc3cc(F)ccc3[N+](=O)[O-])n2)ccc1OC(F)F. The van der Waals surface area contributed by atoms with Gasteiger partial charge in [-0.05, 0) is 24.3 Å². The maximum Gasteiger partial charge on any atom is 0.387 e. The Morgan fingerprint density at radius 1 is 1.19 bits per heavy atom. The fraction of sp³-hybridized carbons (Fsp3) is 0.158. The smallest absolute Gasteiger partial charge is 0.387 e. The molecule has 32 heavy (non-hydrogen) atoms. The number of alkyl halides is 2. The molecule has 1 amide bonds. The highest BCUT2D eigenvalue weighted by Gasteiger charge is 2.17. The molecule has 0 aliphatic carbocycles. The van der Waals surface area contributed by atoms with Crippen molar-refractivity contribution < 1.29 is 37.1 Å². The molecular weight excluding hydrogens is 437 g/mol. The molecular formula is C19H15F3N4O6. The lowest BCUT2D eigenvalue weighted by molar-refractivity contribution is -0.386. The number of hydrogen-bond donors (Lipinski definition) is 1. The van der Waals surface area contributed by atoms with Gasteiger partial charge < -0.3 is 19.5 Å². The number of nitro benzene ring substituents is 1. The average Bonchev–Trinajstić information content (AvgIpc) is 3.22. The third-order valence-electron chi connectivity index (χ3n) is 3.98. The Kier molecular flexibility index (Phi) is 6.77. The van der Waals surface area contributed by atoms with Gasteiger partial charge in [-0.2, -0.15) is 13.9 Å². The lowest BCUT2D eigenvalue weighted by Crippen LogP contribution is -2.14. The van der Waals surface area contributed by atoms with Crippen molar-refractivity contribution in [3.63, 3.8) is 0 Å². The number of hydrogen-bond acceptors (Lipinski definition) is 7. The zero-order valence-electron chi connectivity index (χ0n) is 16.3. The largest absolute Gasteiger partial charge is 0.493 e. The van der Waals surface area contributed by atoms with Gasteiger partial charge >= 0.3 is 12.3 Å². The molecule has 0 atom stereocenters. The standard InChI is InChI=1S/C19H15F3N4O6/c1-30-17-9-12(3-5-15(17)32-19(21)22)23-18(27)13-6-7-25(24-13)10-31-16-8-11(20)2-4-14(16)26(28)29/h2-9,19H,10H2,1H3,(H,23,27). The lowest BCUT2D eigenvalue weighted by Gasteiger charge is -2.11. The van der Waals surface area contributed by atoms with Crippen molar-refractivity contribution >= 4 is 17.3 Å². The van der Waals surface area contributed by atoms with Gasteiger partial charge in [0, 0.05) is 30.1 Å². The van der Waals surface area contributed by atoms with Crippen molar-refractivity contribution in [1.82, 2.24) is 9.78 Å². The maximum atomic E-state index is 13.4. The van der Waals surface area contributed by atoms with E-state index in [0.717, 1.165) is 18.2 Å². The Balaban J connectivity index is 1.66. The van der Waals surface area contributed by atoms with Crippen LogP contribution >= 0.6 is 0 Å². The van der Waals surface area contributed by atoms with Crippen molar-refractivity contribution in [2.75, 3.05) is 12.4 Å². The number of nitrogens with one attached hydrogen (secondary N) is 1. The van der Waals surface area contributed by atoms with E-state index in [1.54, 1.807) is 0 Å². The summed E-state index contributed by atoms with van der Waals surface area (Å²) in [6.07, 6.45) is 1.38. The zero-order valence-corrected chi connectivity index (χ0v) is 16.3. The molecule has 1 aromatic heterocycles. The molecule has 2 aromatic carbocycles. The lowest BCUT2D eigenvalue weighted by atomic mass is 10.2. The summed E-state index contributed by atoms with van der Waals surface area (Å²) in [4.78, 5) is 22.7. The van der Waals surface area contributed by atoms with Crippen LogP contribution in [0.3, 0.4) is 0 Å². The van der Waals surface area contributed by atoms with Crippen LogP contribution in [0.2, 0.25) is 0 Å². The molecule has 0 radical (unpaired) electrons. The van der Waals surface area contributed by atoms with E-state index in [9.17, 15) is 28.1 Å². The Morgan fingerprint density at radius 2 is 1.97 bits per heavy atom.